The van der Waals surface area contributed by atoms with Crippen LogP contribution in [0, 0.1) is 6.92 Å². The molecule has 0 aliphatic heterocycles. The van der Waals surface area contributed by atoms with Crippen molar-refractivity contribution in [2.75, 3.05) is 5.32 Å². The summed E-state index contributed by atoms with van der Waals surface area (Å²) in [4.78, 5) is 20.6. The summed E-state index contributed by atoms with van der Waals surface area (Å²) in [5.41, 5.74) is 3.94. The number of hydrogen-bond acceptors (Lipinski definition) is 4. The van der Waals surface area contributed by atoms with Gasteiger partial charge in [0.2, 0.25) is 5.91 Å². The minimum Gasteiger partial charge on any atom is -0.302 e. The highest BCUT2D eigenvalue weighted by atomic mass is 32.1. The Bertz CT molecular complexity index is 766. The smallest absolute Gasteiger partial charge is 0.230 e. The Kier molecular flexibility index (Phi) is 4.25. The molecule has 0 saturated heterocycles. The number of carbonyl (C=O) groups is 1. The first-order chi connectivity index (χ1) is 10.7. The van der Waals surface area contributed by atoms with Gasteiger partial charge < -0.3 is 5.32 Å². The highest BCUT2D eigenvalue weighted by Gasteiger charge is 2.08. The lowest BCUT2D eigenvalue weighted by Gasteiger charge is -2.02. The van der Waals surface area contributed by atoms with E-state index in [4.69, 9.17) is 0 Å². The molecule has 4 nitrogen and oxygen atoms in total. The van der Waals surface area contributed by atoms with Gasteiger partial charge >= 0.3 is 0 Å². The Hall–Kier alpha value is -2.53. The van der Waals surface area contributed by atoms with Gasteiger partial charge in [-0.3, -0.25) is 9.78 Å². The zero-order valence-electron chi connectivity index (χ0n) is 12.1. The number of hydrogen-bond donors (Lipinski definition) is 1. The zero-order valence-corrected chi connectivity index (χ0v) is 12.9. The maximum atomic E-state index is 12.1. The van der Waals surface area contributed by atoms with Gasteiger partial charge in [-0.2, -0.15) is 0 Å². The van der Waals surface area contributed by atoms with Gasteiger partial charge in [0.25, 0.3) is 0 Å². The number of nitrogens with one attached hydrogen (secondary N) is 1. The standard InChI is InChI=1S/C17H15N3OS/c1-12-4-6-13(7-5-12)9-16(21)20-17-19-15(11-22-17)14-3-2-8-18-10-14/h2-8,10-11H,9H2,1H3,(H,19,20,21). The molecule has 0 unspecified atom stereocenters. The second-order valence-corrected chi connectivity index (χ2v) is 5.85. The van der Waals surface area contributed by atoms with Crippen LogP contribution >= 0.6 is 11.3 Å². The molecule has 22 heavy (non-hydrogen) atoms. The average Bonchev–Trinajstić information content (AvgIpc) is 2.99. The SMILES string of the molecule is Cc1ccc(CC(=O)Nc2nc(-c3cccnc3)cs2)cc1. The van der Waals surface area contributed by atoms with Crippen molar-refractivity contribution in [2.45, 2.75) is 13.3 Å². The molecule has 0 aliphatic carbocycles. The number of benzene rings is 1. The lowest BCUT2D eigenvalue weighted by molar-refractivity contribution is -0.115. The third-order valence-electron chi connectivity index (χ3n) is 3.19. The summed E-state index contributed by atoms with van der Waals surface area (Å²) in [6, 6.07) is 11.8. The van der Waals surface area contributed by atoms with Gasteiger partial charge in [-0.1, -0.05) is 29.8 Å². The zero-order chi connectivity index (χ0) is 15.4. The first-order valence-electron chi connectivity index (χ1n) is 6.92. The Balaban J connectivity index is 1.65. The van der Waals surface area contributed by atoms with Gasteiger partial charge in [-0.15, -0.1) is 11.3 Å². The van der Waals surface area contributed by atoms with Gasteiger partial charge in [0.15, 0.2) is 5.13 Å². The fourth-order valence-corrected chi connectivity index (χ4v) is 2.77. The largest absolute Gasteiger partial charge is 0.302 e. The number of aryl methyl sites for hydroxylation is 1. The third kappa shape index (κ3) is 3.56. The monoisotopic (exact) mass is 309 g/mol. The van der Waals surface area contributed by atoms with Crippen LogP contribution in [0.25, 0.3) is 11.3 Å². The Morgan fingerprint density at radius 2 is 2.05 bits per heavy atom. The Morgan fingerprint density at radius 1 is 1.23 bits per heavy atom. The molecule has 110 valence electrons. The summed E-state index contributed by atoms with van der Waals surface area (Å²) in [7, 11) is 0. The van der Waals surface area contributed by atoms with Crippen LogP contribution in [-0.4, -0.2) is 15.9 Å². The first-order valence-corrected chi connectivity index (χ1v) is 7.80. The lowest BCUT2D eigenvalue weighted by Crippen LogP contribution is -2.14. The van der Waals surface area contributed by atoms with Crippen LogP contribution in [0.1, 0.15) is 11.1 Å². The van der Waals surface area contributed by atoms with Crippen molar-refractivity contribution in [3.63, 3.8) is 0 Å². The van der Waals surface area contributed by atoms with Crippen molar-refractivity contribution in [1.82, 2.24) is 9.97 Å². The molecule has 3 rings (SSSR count). The number of pyridine rings is 1. The summed E-state index contributed by atoms with van der Waals surface area (Å²) in [5, 5.41) is 5.37. The van der Waals surface area contributed by atoms with E-state index in [-0.39, 0.29) is 5.91 Å². The molecule has 0 fully saturated rings. The van der Waals surface area contributed by atoms with Crippen LogP contribution in [0.5, 0.6) is 0 Å². The first kappa shape index (κ1) is 14.4. The van der Waals surface area contributed by atoms with Crippen molar-refractivity contribution in [2.24, 2.45) is 0 Å². The van der Waals surface area contributed by atoms with E-state index in [1.54, 1.807) is 12.4 Å². The topological polar surface area (TPSA) is 54.9 Å². The number of amides is 1. The second kappa shape index (κ2) is 6.49. The highest BCUT2D eigenvalue weighted by Crippen LogP contribution is 2.24. The quantitative estimate of drug-likeness (QED) is 0.799. The molecule has 2 aromatic heterocycles. The van der Waals surface area contributed by atoms with Gasteiger partial charge in [-0.05, 0) is 24.6 Å². The molecule has 0 saturated carbocycles. The number of thiazole rings is 1. The molecule has 1 amide bonds. The Labute approximate surface area is 132 Å². The maximum absolute atomic E-state index is 12.1. The minimum atomic E-state index is -0.0593. The van der Waals surface area contributed by atoms with Gasteiger partial charge in [0, 0.05) is 23.3 Å². The van der Waals surface area contributed by atoms with E-state index >= 15 is 0 Å². The highest BCUT2D eigenvalue weighted by molar-refractivity contribution is 7.14. The fraction of sp³-hybridized carbons (Fsp3) is 0.118. The number of anilines is 1. The molecule has 1 aromatic carbocycles. The second-order valence-electron chi connectivity index (χ2n) is 4.99. The summed E-state index contributed by atoms with van der Waals surface area (Å²) in [6.45, 7) is 2.03. The van der Waals surface area contributed by atoms with Crippen molar-refractivity contribution in [1.29, 1.82) is 0 Å². The van der Waals surface area contributed by atoms with Crippen LogP contribution in [0.2, 0.25) is 0 Å². The summed E-state index contributed by atoms with van der Waals surface area (Å²) < 4.78 is 0. The summed E-state index contributed by atoms with van der Waals surface area (Å²) in [5.74, 6) is -0.0593. The molecule has 1 N–H and O–H groups in total. The molecule has 0 bridgehead atoms. The summed E-state index contributed by atoms with van der Waals surface area (Å²) in [6.07, 6.45) is 3.83. The van der Waals surface area contributed by atoms with E-state index in [0.29, 0.717) is 11.6 Å². The number of carbonyl (C=O) groups excluding carboxylic acids is 1. The third-order valence-corrected chi connectivity index (χ3v) is 3.95. The van der Waals surface area contributed by atoms with E-state index < -0.39 is 0 Å². The van der Waals surface area contributed by atoms with E-state index in [2.05, 4.69) is 15.3 Å². The fourth-order valence-electron chi connectivity index (χ4n) is 2.03. The maximum Gasteiger partial charge on any atom is 0.230 e. The van der Waals surface area contributed by atoms with Crippen molar-refractivity contribution in [3.8, 4) is 11.3 Å². The van der Waals surface area contributed by atoms with Gasteiger partial charge in [-0.25, -0.2) is 4.98 Å². The average molecular weight is 309 g/mol. The predicted molar refractivity (Wildman–Crippen MR) is 88.9 cm³/mol. The predicted octanol–water partition coefficient (Wildman–Crippen LogP) is 3.69. The summed E-state index contributed by atoms with van der Waals surface area (Å²) >= 11 is 1.41. The van der Waals surface area contributed by atoms with Crippen molar-refractivity contribution in [3.05, 3.63) is 65.3 Å². The molecule has 5 heteroatoms. The van der Waals surface area contributed by atoms with Crippen LogP contribution in [0.3, 0.4) is 0 Å². The molecule has 2 heterocycles. The Morgan fingerprint density at radius 3 is 2.77 bits per heavy atom. The normalized spacial score (nSPS) is 10.4. The molecular formula is C17H15N3OS. The molecule has 0 spiro atoms. The molecule has 0 radical (unpaired) electrons. The van der Waals surface area contributed by atoms with Gasteiger partial charge in [0.05, 0.1) is 12.1 Å². The minimum absolute atomic E-state index is 0.0593. The molecule has 3 aromatic rings. The van der Waals surface area contributed by atoms with E-state index in [1.807, 2.05) is 48.7 Å². The van der Waals surface area contributed by atoms with E-state index in [0.717, 1.165) is 16.8 Å². The molecule has 0 aliphatic rings. The lowest BCUT2D eigenvalue weighted by atomic mass is 10.1. The van der Waals surface area contributed by atoms with Crippen LogP contribution in [-0.2, 0) is 11.2 Å². The van der Waals surface area contributed by atoms with Crippen molar-refractivity contribution < 1.29 is 4.79 Å². The van der Waals surface area contributed by atoms with Crippen LogP contribution in [0.15, 0.2) is 54.2 Å². The van der Waals surface area contributed by atoms with E-state index in [1.165, 1.54) is 16.9 Å². The number of rotatable bonds is 4. The van der Waals surface area contributed by atoms with E-state index in [9.17, 15) is 4.79 Å². The number of aromatic nitrogens is 2. The molecule has 0 atom stereocenters. The van der Waals surface area contributed by atoms with Crippen molar-refractivity contribution >= 4 is 22.4 Å². The molecular weight excluding hydrogens is 294 g/mol. The van der Waals surface area contributed by atoms with Crippen LogP contribution < -0.4 is 5.32 Å². The number of nitrogens with zero attached hydrogens (tertiary/aromatic N) is 2. The van der Waals surface area contributed by atoms with Crippen LogP contribution in [0.4, 0.5) is 5.13 Å². The van der Waals surface area contributed by atoms with Gasteiger partial charge in [0.1, 0.15) is 0 Å².